The van der Waals surface area contributed by atoms with Crippen molar-refractivity contribution in [2.45, 2.75) is 23.7 Å². The number of carbonyl (C=O) groups is 2. The highest BCUT2D eigenvalue weighted by Gasteiger charge is 2.56. The van der Waals surface area contributed by atoms with Gasteiger partial charge in [-0.15, -0.1) is 0 Å². The van der Waals surface area contributed by atoms with Crippen molar-refractivity contribution in [3.8, 4) is 0 Å². The minimum Gasteiger partial charge on any atom is -0.289 e. The zero-order valence-corrected chi connectivity index (χ0v) is 27.5. The summed E-state index contributed by atoms with van der Waals surface area (Å²) in [5, 5.41) is 0. The van der Waals surface area contributed by atoms with E-state index in [4.69, 9.17) is 19.9 Å². The summed E-state index contributed by atoms with van der Waals surface area (Å²) in [6.07, 6.45) is 0. The van der Waals surface area contributed by atoms with Crippen molar-refractivity contribution in [1.29, 1.82) is 0 Å². The molecule has 7 aliphatic carbocycles. The Hall–Kier alpha value is -6.66. The van der Waals surface area contributed by atoms with Crippen molar-refractivity contribution in [3.05, 3.63) is 188 Å². The van der Waals surface area contributed by atoms with E-state index < -0.39 is 0 Å². The topological polar surface area (TPSA) is 85.7 Å². The van der Waals surface area contributed by atoms with E-state index in [9.17, 15) is 0 Å². The van der Waals surface area contributed by atoms with Gasteiger partial charge >= 0.3 is 0 Å². The maximum absolute atomic E-state index is 15.5. The number of para-hydroxylation sites is 4. The van der Waals surface area contributed by atoms with Crippen LogP contribution in [0.1, 0.15) is 68.2 Å². The Bertz CT molecular complexity index is 2740. The zero-order chi connectivity index (χ0) is 34.0. The smallest absolute Gasteiger partial charge is 0.187 e. The van der Waals surface area contributed by atoms with Crippen molar-refractivity contribution < 1.29 is 9.59 Å². The summed E-state index contributed by atoms with van der Waals surface area (Å²) in [5.41, 5.74) is 17.5. The number of ketones is 2. The lowest BCUT2D eigenvalue weighted by Crippen LogP contribution is -2.43. The molecule has 4 bridgehead atoms. The van der Waals surface area contributed by atoms with Gasteiger partial charge < -0.3 is 0 Å². The molecule has 0 aliphatic heterocycles. The Balaban J connectivity index is 1.06. The molecule has 6 aromatic carbocycles. The van der Waals surface area contributed by atoms with Crippen LogP contribution in [0.15, 0.2) is 144 Å². The number of aromatic nitrogens is 4. The van der Waals surface area contributed by atoms with Gasteiger partial charge in [0.1, 0.15) is 0 Å². The highest BCUT2D eigenvalue weighted by molar-refractivity contribution is 6.30. The highest BCUT2D eigenvalue weighted by Crippen LogP contribution is 2.64. The first kappa shape index (κ1) is 27.1. The molecule has 2 aromatic heterocycles. The molecule has 0 spiro atoms. The second-order valence-electron chi connectivity index (χ2n) is 14.7. The van der Waals surface area contributed by atoms with Gasteiger partial charge in [0.15, 0.2) is 11.6 Å². The van der Waals surface area contributed by atoms with E-state index in [1.54, 1.807) is 0 Å². The number of rotatable bonds is 0. The van der Waals surface area contributed by atoms with Crippen LogP contribution in [0, 0.1) is 0 Å². The molecule has 0 saturated heterocycles. The Morgan fingerprint density at radius 2 is 0.519 bits per heavy atom. The standard InChI is InChI=1S/C46H24N4O2/c51-45-41-37-21-9-1-2-10-22(21)38(26-18-34-33(17-25(26)37)47-29-13-5-6-14-30(29)48-34)42(41)46(52)44-40-24-12-4-3-11-23(24)39(43(44)45)27-19-35-36(20-28(27)40)50-32-16-8-7-15-31(32)49-35/h1-20,37-40H/t37-,38+,39+,40-. The number of fused-ring (bicyclic) bond motifs is 4. The molecule has 0 N–H and O–H groups in total. The minimum atomic E-state index is -0.377. The summed E-state index contributed by atoms with van der Waals surface area (Å²) in [5.74, 6) is -1.53. The lowest BCUT2D eigenvalue weighted by Gasteiger charge is -2.49. The van der Waals surface area contributed by atoms with Crippen LogP contribution >= 0.6 is 0 Å². The number of carbonyl (C=O) groups excluding carboxylic acids is 2. The van der Waals surface area contributed by atoms with Gasteiger partial charge in [0.05, 0.1) is 44.1 Å². The van der Waals surface area contributed by atoms with Crippen molar-refractivity contribution in [1.82, 2.24) is 19.9 Å². The van der Waals surface area contributed by atoms with E-state index in [-0.39, 0.29) is 35.2 Å². The average Bonchev–Trinajstić information content (AvgIpc) is 3.19. The van der Waals surface area contributed by atoms with Gasteiger partial charge in [-0.3, -0.25) is 9.59 Å². The first-order valence-corrected chi connectivity index (χ1v) is 17.8. The Morgan fingerprint density at radius 3 is 0.769 bits per heavy atom. The second kappa shape index (κ2) is 9.16. The fraction of sp³-hybridized carbons (Fsp3) is 0.0870. The number of hydrogen-bond acceptors (Lipinski definition) is 6. The number of benzene rings is 6. The van der Waals surface area contributed by atoms with E-state index in [0.717, 1.165) is 88.6 Å². The van der Waals surface area contributed by atoms with Gasteiger partial charge in [0.2, 0.25) is 0 Å². The van der Waals surface area contributed by atoms with Crippen LogP contribution in [0.5, 0.6) is 0 Å². The molecule has 0 unspecified atom stereocenters. The molecular weight excluding hydrogens is 641 g/mol. The molecule has 52 heavy (non-hydrogen) atoms. The fourth-order valence-corrected chi connectivity index (χ4v) is 10.3. The van der Waals surface area contributed by atoms with Gasteiger partial charge in [0.25, 0.3) is 0 Å². The van der Waals surface area contributed by atoms with Crippen molar-refractivity contribution >= 4 is 55.7 Å². The van der Waals surface area contributed by atoms with Crippen LogP contribution in [0.25, 0.3) is 44.1 Å². The Labute approximate surface area is 296 Å². The third-order valence-corrected chi connectivity index (χ3v) is 12.3. The summed E-state index contributed by atoms with van der Waals surface area (Å²) >= 11 is 0. The lowest BCUT2D eigenvalue weighted by molar-refractivity contribution is -0.117. The van der Waals surface area contributed by atoms with Crippen LogP contribution in [-0.2, 0) is 9.59 Å². The number of nitrogens with zero attached hydrogens (tertiary/aromatic N) is 4. The monoisotopic (exact) mass is 664 g/mol. The molecule has 6 nitrogen and oxygen atoms in total. The molecule has 4 atom stereocenters. The van der Waals surface area contributed by atoms with E-state index >= 15 is 9.59 Å². The van der Waals surface area contributed by atoms with Crippen LogP contribution in [0.2, 0.25) is 0 Å². The largest absolute Gasteiger partial charge is 0.289 e. The average molecular weight is 665 g/mol. The Kier molecular flexibility index (Phi) is 4.78. The second-order valence-corrected chi connectivity index (χ2v) is 14.7. The van der Waals surface area contributed by atoms with Gasteiger partial charge in [-0.2, -0.15) is 0 Å². The van der Waals surface area contributed by atoms with Crippen molar-refractivity contribution in [2.75, 3.05) is 0 Å². The molecule has 15 rings (SSSR count). The molecule has 8 aromatic rings. The van der Waals surface area contributed by atoms with Crippen molar-refractivity contribution in [2.24, 2.45) is 0 Å². The molecule has 0 amide bonds. The van der Waals surface area contributed by atoms with Crippen LogP contribution in [-0.4, -0.2) is 31.5 Å². The summed E-state index contributed by atoms with van der Waals surface area (Å²) < 4.78 is 0. The first-order valence-electron chi connectivity index (χ1n) is 17.8. The first-order chi connectivity index (χ1) is 25.6. The minimum absolute atomic E-state index is 0.00992. The number of Topliss-reactive ketones (excluding diaryl/α,β-unsaturated/α-hetero) is 2. The maximum Gasteiger partial charge on any atom is 0.187 e. The maximum atomic E-state index is 15.5. The molecule has 7 aliphatic rings. The summed E-state index contributed by atoms with van der Waals surface area (Å²) in [6, 6.07) is 41.0. The van der Waals surface area contributed by atoms with E-state index in [2.05, 4.69) is 48.5 Å². The normalized spacial score (nSPS) is 21.8. The third-order valence-electron chi connectivity index (χ3n) is 12.3. The van der Waals surface area contributed by atoms with E-state index in [1.165, 1.54) is 0 Å². The molecular formula is C46H24N4O2. The molecule has 6 heteroatoms. The number of allylic oxidation sites excluding steroid dienone is 4. The van der Waals surface area contributed by atoms with Crippen LogP contribution < -0.4 is 0 Å². The Morgan fingerprint density at radius 1 is 0.288 bits per heavy atom. The van der Waals surface area contributed by atoms with Crippen LogP contribution in [0.4, 0.5) is 0 Å². The summed E-state index contributed by atoms with van der Waals surface area (Å²) in [4.78, 5) is 51.0. The van der Waals surface area contributed by atoms with Gasteiger partial charge in [-0.1, -0.05) is 72.8 Å². The van der Waals surface area contributed by atoms with Gasteiger partial charge in [-0.05, 0) is 93.0 Å². The van der Waals surface area contributed by atoms with Crippen molar-refractivity contribution in [3.63, 3.8) is 0 Å². The summed E-state index contributed by atoms with van der Waals surface area (Å²) in [6.45, 7) is 0. The van der Waals surface area contributed by atoms with E-state index in [0.29, 0.717) is 22.3 Å². The summed E-state index contributed by atoms with van der Waals surface area (Å²) in [7, 11) is 0. The molecule has 0 saturated carbocycles. The lowest BCUT2D eigenvalue weighted by atomic mass is 9.51. The molecule has 0 fully saturated rings. The fourth-order valence-electron chi connectivity index (χ4n) is 10.3. The zero-order valence-electron chi connectivity index (χ0n) is 27.5. The van der Waals surface area contributed by atoms with Crippen LogP contribution in [0.3, 0.4) is 0 Å². The predicted molar refractivity (Wildman–Crippen MR) is 198 cm³/mol. The SMILES string of the molecule is O=C1C2=C(C(=O)C3=C1[C@H]1c4ccccc4[C@@H]3c3cc4nc5ccccc5nc4cc31)[C@H]1c3ccccc3[C@@H]2c2cc3nc4ccccc4nc3cc21. The van der Waals surface area contributed by atoms with E-state index in [1.807, 2.05) is 72.8 Å². The molecule has 0 radical (unpaired) electrons. The molecule has 2 heterocycles. The third kappa shape index (κ3) is 3.14. The molecule has 240 valence electrons. The number of hydrogen-bond donors (Lipinski definition) is 0. The van der Waals surface area contributed by atoms with Gasteiger partial charge in [0, 0.05) is 46.0 Å². The highest BCUT2D eigenvalue weighted by atomic mass is 16.1. The predicted octanol–water partition coefficient (Wildman–Crippen LogP) is 8.51. The van der Waals surface area contributed by atoms with Gasteiger partial charge in [-0.25, -0.2) is 19.9 Å². The quantitative estimate of drug-likeness (QED) is 0.119.